The summed E-state index contributed by atoms with van der Waals surface area (Å²) in [4.78, 5) is 15.7. The third-order valence-corrected chi connectivity index (χ3v) is 4.20. The first-order valence-corrected chi connectivity index (χ1v) is 8.47. The first kappa shape index (κ1) is 16.3. The number of rotatable bonds is 6. The van der Waals surface area contributed by atoms with Gasteiger partial charge in [0, 0.05) is 18.9 Å². The fraction of sp³-hybridized carbons (Fsp3) is 0.368. The number of pyridine rings is 1. The van der Waals surface area contributed by atoms with Gasteiger partial charge in [-0.2, -0.15) is 0 Å². The van der Waals surface area contributed by atoms with Crippen LogP contribution in [0.3, 0.4) is 0 Å². The molecule has 1 aromatic heterocycles. The van der Waals surface area contributed by atoms with Crippen LogP contribution in [0.15, 0.2) is 42.7 Å². The highest BCUT2D eigenvalue weighted by Crippen LogP contribution is 2.29. The fourth-order valence-electron chi connectivity index (χ4n) is 2.95. The zero-order valence-electron chi connectivity index (χ0n) is 13.8. The normalized spacial score (nSPS) is 13.0. The van der Waals surface area contributed by atoms with Crippen molar-refractivity contribution in [2.75, 3.05) is 13.2 Å². The summed E-state index contributed by atoms with van der Waals surface area (Å²) in [7, 11) is 0. The lowest BCUT2D eigenvalue weighted by Crippen LogP contribution is -2.37. The number of aryl methyl sites for hydroxylation is 1. The van der Waals surface area contributed by atoms with Gasteiger partial charge in [0.2, 0.25) is 0 Å². The molecule has 0 saturated heterocycles. The maximum atomic E-state index is 11.8. The van der Waals surface area contributed by atoms with E-state index in [1.165, 1.54) is 24.0 Å². The SMILES string of the molecule is O=C(NCCOc1cccc2c1CCCC2)NCc1ccncc1. The number of carbonyl (C=O) groups excluding carboxylic acids is 1. The monoisotopic (exact) mass is 325 g/mol. The van der Waals surface area contributed by atoms with Crippen molar-refractivity contribution < 1.29 is 9.53 Å². The molecular formula is C19H23N3O2. The van der Waals surface area contributed by atoms with Gasteiger partial charge in [0.15, 0.2) is 0 Å². The maximum absolute atomic E-state index is 11.8. The van der Waals surface area contributed by atoms with Crippen LogP contribution in [-0.4, -0.2) is 24.2 Å². The zero-order valence-corrected chi connectivity index (χ0v) is 13.8. The summed E-state index contributed by atoms with van der Waals surface area (Å²) in [5.41, 5.74) is 3.76. The Bertz CT molecular complexity index is 674. The number of aromatic nitrogens is 1. The number of hydrogen-bond donors (Lipinski definition) is 2. The number of nitrogens with one attached hydrogen (secondary N) is 2. The molecule has 2 aromatic rings. The fourth-order valence-corrected chi connectivity index (χ4v) is 2.95. The lowest BCUT2D eigenvalue weighted by molar-refractivity contribution is 0.236. The average Bonchev–Trinajstić information content (AvgIpc) is 2.64. The number of amides is 2. The summed E-state index contributed by atoms with van der Waals surface area (Å²) < 4.78 is 5.87. The molecule has 0 radical (unpaired) electrons. The molecule has 1 heterocycles. The van der Waals surface area contributed by atoms with E-state index in [0.29, 0.717) is 19.7 Å². The van der Waals surface area contributed by atoms with Gasteiger partial charge in [0.1, 0.15) is 12.4 Å². The van der Waals surface area contributed by atoms with Crippen molar-refractivity contribution in [1.29, 1.82) is 0 Å². The molecular weight excluding hydrogens is 302 g/mol. The predicted octanol–water partition coefficient (Wildman–Crippen LogP) is 2.84. The van der Waals surface area contributed by atoms with Gasteiger partial charge in [-0.25, -0.2) is 4.79 Å². The predicted molar refractivity (Wildman–Crippen MR) is 93.1 cm³/mol. The molecule has 126 valence electrons. The Balaban J connectivity index is 1.39. The Labute approximate surface area is 142 Å². The maximum Gasteiger partial charge on any atom is 0.315 e. The van der Waals surface area contributed by atoms with Crippen molar-refractivity contribution in [2.24, 2.45) is 0 Å². The summed E-state index contributed by atoms with van der Waals surface area (Å²) in [6, 6.07) is 9.82. The molecule has 1 aromatic carbocycles. The summed E-state index contributed by atoms with van der Waals surface area (Å²) >= 11 is 0. The average molecular weight is 325 g/mol. The molecule has 1 aliphatic rings. The van der Waals surface area contributed by atoms with E-state index in [-0.39, 0.29) is 6.03 Å². The third-order valence-electron chi connectivity index (χ3n) is 4.20. The van der Waals surface area contributed by atoms with Crippen molar-refractivity contribution in [3.8, 4) is 5.75 Å². The number of hydrogen-bond acceptors (Lipinski definition) is 3. The van der Waals surface area contributed by atoms with Crippen LogP contribution in [0.5, 0.6) is 5.75 Å². The Kier molecular flexibility index (Phi) is 5.66. The number of urea groups is 1. The van der Waals surface area contributed by atoms with Gasteiger partial charge >= 0.3 is 6.03 Å². The highest BCUT2D eigenvalue weighted by molar-refractivity contribution is 5.73. The van der Waals surface area contributed by atoms with Crippen LogP contribution < -0.4 is 15.4 Å². The molecule has 2 amide bonds. The summed E-state index contributed by atoms with van der Waals surface area (Å²) in [6.45, 7) is 1.44. The summed E-state index contributed by atoms with van der Waals surface area (Å²) in [6.07, 6.45) is 8.14. The molecule has 24 heavy (non-hydrogen) atoms. The minimum atomic E-state index is -0.189. The van der Waals surface area contributed by atoms with Crippen molar-refractivity contribution in [3.63, 3.8) is 0 Å². The molecule has 5 heteroatoms. The van der Waals surface area contributed by atoms with E-state index in [0.717, 1.165) is 24.2 Å². The number of carbonyl (C=O) groups is 1. The van der Waals surface area contributed by atoms with Crippen molar-refractivity contribution in [2.45, 2.75) is 32.2 Å². The first-order chi connectivity index (χ1) is 11.8. The Morgan fingerprint density at radius 1 is 1.08 bits per heavy atom. The number of benzene rings is 1. The van der Waals surface area contributed by atoms with Crippen LogP contribution in [0.25, 0.3) is 0 Å². The third kappa shape index (κ3) is 4.47. The lowest BCUT2D eigenvalue weighted by Gasteiger charge is -2.19. The van der Waals surface area contributed by atoms with Gasteiger partial charge in [-0.05, 0) is 60.6 Å². The lowest BCUT2D eigenvalue weighted by atomic mass is 9.91. The summed E-state index contributed by atoms with van der Waals surface area (Å²) in [5, 5.41) is 5.63. The van der Waals surface area contributed by atoms with Gasteiger partial charge < -0.3 is 15.4 Å². The van der Waals surface area contributed by atoms with Crippen LogP contribution in [0.2, 0.25) is 0 Å². The minimum absolute atomic E-state index is 0.189. The molecule has 5 nitrogen and oxygen atoms in total. The topological polar surface area (TPSA) is 63.2 Å². The molecule has 1 aliphatic carbocycles. The summed E-state index contributed by atoms with van der Waals surface area (Å²) in [5.74, 6) is 0.964. The Morgan fingerprint density at radius 3 is 2.79 bits per heavy atom. The molecule has 2 N–H and O–H groups in total. The molecule has 3 rings (SSSR count). The standard InChI is InChI=1S/C19H23N3O2/c23-19(22-14-15-8-10-20-11-9-15)21-12-13-24-18-7-3-5-16-4-1-2-6-17(16)18/h3,5,7-11H,1-2,4,6,12-14H2,(H2,21,22,23). The van der Waals surface area contributed by atoms with Crippen LogP contribution >= 0.6 is 0 Å². The zero-order chi connectivity index (χ0) is 16.6. The van der Waals surface area contributed by atoms with Crippen molar-refractivity contribution >= 4 is 6.03 Å². The molecule has 0 aliphatic heterocycles. The second-order valence-corrected chi connectivity index (χ2v) is 5.91. The quantitative estimate of drug-likeness (QED) is 0.803. The van der Waals surface area contributed by atoms with E-state index in [2.05, 4.69) is 21.7 Å². The Morgan fingerprint density at radius 2 is 1.92 bits per heavy atom. The van der Waals surface area contributed by atoms with Crippen LogP contribution in [-0.2, 0) is 19.4 Å². The van der Waals surface area contributed by atoms with Crippen LogP contribution in [0.1, 0.15) is 29.5 Å². The van der Waals surface area contributed by atoms with Crippen LogP contribution in [0.4, 0.5) is 4.79 Å². The molecule has 0 spiro atoms. The molecule has 0 bridgehead atoms. The van der Waals surface area contributed by atoms with Crippen LogP contribution in [0, 0.1) is 0 Å². The number of nitrogens with zero attached hydrogens (tertiary/aromatic N) is 1. The second kappa shape index (κ2) is 8.34. The second-order valence-electron chi connectivity index (χ2n) is 5.91. The number of fused-ring (bicyclic) bond motifs is 1. The van der Waals surface area contributed by atoms with E-state index in [1.54, 1.807) is 12.4 Å². The van der Waals surface area contributed by atoms with E-state index >= 15 is 0 Å². The van der Waals surface area contributed by atoms with Gasteiger partial charge in [0.25, 0.3) is 0 Å². The molecule has 0 saturated carbocycles. The van der Waals surface area contributed by atoms with E-state index in [1.807, 2.05) is 24.3 Å². The van der Waals surface area contributed by atoms with Gasteiger partial charge in [0.05, 0.1) is 6.54 Å². The number of ether oxygens (including phenoxy) is 1. The van der Waals surface area contributed by atoms with E-state index < -0.39 is 0 Å². The van der Waals surface area contributed by atoms with E-state index in [4.69, 9.17) is 4.74 Å². The first-order valence-electron chi connectivity index (χ1n) is 8.47. The largest absolute Gasteiger partial charge is 0.491 e. The molecule has 0 unspecified atom stereocenters. The highest BCUT2D eigenvalue weighted by Gasteiger charge is 2.13. The highest BCUT2D eigenvalue weighted by atomic mass is 16.5. The van der Waals surface area contributed by atoms with Gasteiger partial charge in [-0.15, -0.1) is 0 Å². The van der Waals surface area contributed by atoms with Gasteiger partial charge in [-0.1, -0.05) is 12.1 Å². The smallest absolute Gasteiger partial charge is 0.315 e. The molecule has 0 atom stereocenters. The minimum Gasteiger partial charge on any atom is -0.491 e. The van der Waals surface area contributed by atoms with Crippen molar-refractivity contribution in [1.82, 2.24) is 15.6 Å². The Hall–Kier alpha value is -2.56. The molecule has 0 fully saturated rings. The van der Waals surface area contributed by atoms with Crippen molar-refractivity contribution in [3.05, 3.63) is 59.4 Å². The van der Waals surface area contributed by atoms with E-state index in [9.17, 15) is 4.79 Å². The van der Waals surface area contributed by atoms with Gasteiger partial charge in [-0.3, -0.25) is 4.98 Å².